The molecule has 0 atom stereocenters. The van der Waals surface area contributed by atoms with Crippen LogP contribution in [0, 0.1) is 6.92 Å². The van der Waals surface area contributed by atoms with E-state index in [0.29, 0.717) is 48.5 Å². The summed E-state index contributed by atoms with van der Waals surface area (Å²) in [6.07, 6.45) is 1.53. The van der Waals surface area contributed by atoms with Gasteiger partial charge in [-0.05, 0) is 25.1 Å². The summed E-state index contributed by atoms with van der Waals surface area (Å²) in [5.74, 6) is 0.520. The minimum Gasteiger partial charge on any atom is -0.368 e. The molecule has 0 radical (unpaired) electrons. The van der Waals surface area contributed by atoms with Crippen LogP contribution in [0.5, 0.6) is 0 Å². The minimum atomic E-state index is -0.106. The molecule has 2 aromatic heterocycles. The third-order valence-corrected chi connectivity index (χ3v) is 4.68. The number of benzene rings is 1. The Morgan fingerprint density at radius 1 is 1.15 bits per heavy atom. The average Bonchev–Trinajstić information content (AvgIpc) is 3.10. The first-order chi connectivity index (χ1) is 12.5. The van der Waals surface area contributed by atoms with Crippen LogP contribution in [0.25, 0.3) is 10.9 Å². The van der Waals surface area contributed by atoms with Crippen LogP contribution in [-0.4, -0.2) is 51.7 Å². The molecule has 0 spiro atoms. The summed E-state index contributed by atoms with van der Waals surface area (Å²) in [5, 5.41) is 4.40. The molecule has 8 heteroatoms. The van der Waals surface area contributed by atoms with E-state index in [9.17, 15) is 9.59 Å². The molecule has 0 aliphatic carbocycles. The Morgan fingerprint density at radius 3 is 2.62 bits per heavy atom. The average molecular weight is 353 g/mol. The molecule has 0 bridgehead atoms. The van der Waals surface area contributed by atoms with Gasteiger partial charge < -0.3 is 18.9 Å². The standard InChI is InChI=1S/C18H19N5O3/c1-12-9-16(20-26-12)18(25)23-7-5-22(6-8-23)13-3-4-14-15(10-13)19-11-21(2)17(14)24/h3-4,9-11H,5-8H2,1-2H3. The number of nitrogens with zero attached hydrogens (tertiary/aromatic N) is 5. The second kappa shape index (κ2) is 6.29. The summed E-state index contributed by atoms with van der Waals surface area (Å²) < 4.78 is 6.45. The molecule has 3 heterocycles. The van der Waals surface area contributed by atoms with E-state index in [4.69, 9.17) is 4.52 Å². The molecule has 134 valence electrons. The van der Waals surface area contributed by atoms with Gasteiger partial charge in [0.1, 0.15) is 5.76 Å². The van der Waals surface area contributed by atoms with Gasteiger partial charge in [-0.15, -0.1) is 0 Å². The Labute approximate surface area is 149 Å². The van der Waals surface area contributed by atoms with E-state index in [1.165, 1.54) is 10.9 Å². The lowest BCUT2D eigenvalue weighted by Gasteiger charge is -2.35. The number of aromatic nitrogens is 3. The zero-order valence-electron chi connectivity index (χ0n) is 14.7. The first kappa shape index (κ1) is 16.3. The van der Waals surface area contributed by atoms with Gasteiger partial charge in [0.15, 0.2) is 5.69 Å². The fourth-order valence-electron chi connectivity index (χ4n) is 3.19. The number of carbonyl (C=O) groups excluding carboxylic acids is 1. The number of fused-ring (bicyclic) bond motifs is 1. The van der Waals surface area contributed by atoms with Crippen molar-refractivity contribution in [3.05, 3.63) is 52.4 Å². The predicted octanol–water partition coefficient (Wildman–Crippen LogP) is 1.19. The highest BCUT2D eigenvalue weighted by atomic mass is 16.5. The van der Waals surface area contributed by atoms with Gasteiger partial charge >= 0.3 is 0 Å². The summed E-state index contributed by atoms with van der Waals surface area (Å²) in [4.78, 5) is 32.9. The molecule has 0 saturated carbocycles. The largest absolute Gasteiger partial charge is 0.368 e. The minimum absolute atomic E-state index is 0.0557. The molecular weight excluding hydrogens is 334 g/mol. The SMILES string of the molecule is Cc1cc(C(=O)N2CCN(c3ccc4c(=O)n(C)cnc4c3)CC2)no1. The number of hydrogen-bond acceptors (Lipinski definition) is 6. The molecule has 0 N–H and O–H groups in total. The van der Waals surface area contributed by atoms with E-state index in [1.807, 2.05) is 18.2 Å². The van der Waals surface area contributed by atoms with Crippen molar-refractivity contribution in [1.82, 2.24) is 19.6 Å². The zero-order valence-corrected chi connectivity index (χ0v) is 14.7. The van der Waals surface area contributed by atoms with Crippen molar-refractivity contribution in [1.29, 1.82) is 0 Å². The monoisotopic (exact) mass is 353 g/mol. The van der Waals surface area contributed by atoms with Crippen LogP contribution in [0.2, 0.25) is 0 Å². The predicted molar refractivity (Wildman–Crippen MR) is 96.3 cm³/mol. The van der Waals surface area contributed by atoms with Crippen molar-refractivity contribution in [2.75, 3.05) is 31.1 Å². The van der Waals surface area contributed by atoms with Gasteiger partial charge in [-0.1, -0.05) is 5.16 Å². The van der Waals surface area contributed by atoms with Crippen LogP contribution in [0.3, 0.4) is 0 Å². The Balaban J connectivity index is 1.49. The van der Waals surface area contributed by atoms with Crippen molar-refractivity contribution >= 4 is 22.5 Å². The highest BCUT2D eigenvalue weighted by Crippen LogP contribution is 2.21. The van der Waals surface area contributed by atoms with Gasteiger partial charge in [0.25, 0.3) is 11.5 Å². The molecule has 1 aromatic carbocycles. The fourth-order valence-corrected chi connectivity index (χ4v) is 3.19. The number of anilines is 1. The maximum atomic E-state index is 12.4. The number of hydrogen-bond donors (Lipinski definition) is 0. The van der Waals surface area contributed by atoms with Gasteiger partial charge in [0, 0.05) is 45.0 Å². The highest BCUT2D eigenvalue weighted by molar-refractivity contribution is 5.92. The smallest absolute Gasteiger partial charge is 0.276 e. The molecule has 1 aliphatic rings. The maximum Gasteiger partial charge on any atom is 0.276 e. The van der Waals surface area contributed by atoms with Gasteiger partial charge in [0.2, 0.25) is 0 Å². The van der Waals surface area contributed by atoms with Gasteiger partial charge in [-0.2, -0.15) is 0 Å². The van der Waals surface area contributed by atoms with Crippen LogP contribution < -0.4 is 10.5 Å². The Bertz CT molecular complexity index is 1030. The number of piperazine rings is 1. The molecular formula is C18H19N5O3. The van der Waals surface area contributed by atoms with E-state index in [-0.39, 0.29) is 11.5 Å². The number of rotatable bonds is 2. The van der Waals surface area contributed by atoms with E-state index < -0.39 is 0 Å². The van der Waals surface area contributed by atoms with E-state index in [2.05, 4.69) is 15.0 Å². The van der Waals surface area contributed by atoms with Crippen molar-refractivity contribution < 1.29 is 9.32 Å². The van der Waals surface area contributed by atoms with Crippen LogP contribution in [0.15, 0.2) is 39.9 Å². The van der Waals surface area contributed by atoms with Crippen LogP contribution in [0.1, 0.15) is 16.2 Å². The van der Waals surface area contributed by atoms with Gasteiger partial charge in [-0.3, -0.25) is 9.59 Å². The third-order valence-electron chi connectivity index (χ3n) is 4.68. The number of amides is 1. The first-order valence-electron chi connectivity index (χ1n) is 8.46. The van der Waals surface area contributed by atoms with Crippen LogP contribution >= 0.6 is 0 Å². The van der Waals surface area contributed by atoms with Crippen molar-refractivity contribution in [2.24, 2.45) is 7.05 Å². The van der Waals surface area contributed by atoms with Crippen molar-refractivity contribution in [3.8, 4) is 0 Å². The van der Waals surface area contributed by atoms with Gasteiger partial charge in [0.05, 0.1) is 17.2 Å². The second-order valence-electron chi connectivity index (χ2n) is 6.46. The quantitative estimate of drug-likeness (QED) is 0.688. The summed E-state index contributed by atoms with van der Waals surface area (Å²) in [6.45, 7) is 4.39. The number of carbonyl (C=O) groups is 1. The maximum absolute atomic E-state index is 12.4. The van der Waals surface area contributed by atoms with Gasteiger partial charge in [-0.25, -0.2) is 4.98 Å². The summed E-state index contributed by atoms with van der Waals surface area (Å²) in [7, 11) is 1.69. The first-order valence-corrected chi connectivity index (χ1v) is 8.46. The summed E-state index contributed by atoms with van der Waals surface area (Å²) in [6, 6.07) is 7.33. The highest BCUT2D eigenvalue weighted by Gasteiger charge is 2.24. The summed E-state index contributed by atoms with van der Waals surface area (Å²) in [5.41, 5.74) is 1.98. The van der Waals surface area contributed by atoms with E-state index in [0.717, 1.165) is 5.69 Å². The molecule has 1 fully saturated rings. The zero-order chi connectivity index (χ0) is 18.3. The van der Waals surface area contributed by atoms with Crippen molar-refractivity contribution in [2.45, 2.75) is 6.92 Å². The fraction of sp³-hybridized carbons (Fsp3) is 0.333. The number of aryl methyl sites for hydroxylation is 2. The van der Waals surface area contributed by atoms with Crippen LogP contribution in [0.4, 0.5) is 5.69 Å². The topological polar surface area (TPSA) is 84.5 Å². The molecule has 4 rings (SSSR count). The molecule has 0 unspecified atom stereocenters. The molecule has 1 amide bonds. The lowest BCUT2D eigenvalue weighted by atomic mass is 10.2. The Kier molecular flexibility index (Phi) is 3.95. The third kappa shape index (κ3) is 2.83. The summed E-state index contributed by atoms with van der Waals surface area (Å²) >= 11 is 0. The molecule has 26 heavy (non-hydrogen) atoms. The molecule has 1 saturated heterocycles. The Hall–Kier alpha value is -3.16. The van der Waals surface area contributed by atoms with E-state index >= 15 is 0 Å². The lowest BCUT2D eigenvalue weighted by molar-refractivity contribution is 0.0736. The normalized spacial score (nSPS) is 14.8. The lowest BCUT2D eigenvalue weighted by Crippen LogP contribution is -2.48. The van der Waals surface area contributed by atoms with E-state index in [1.54, 1.807) is 24.9 Å². The molecule has 1 aliphatic heterocycles. The Morgan fingerprint density at radius 2 is 1.92 bits per heavy atom. The van der Waals surface area contributed by atoms with Crippen molar-refractivity contribution in [3.63, 3.8) is 0 Å². The van der Waals surface area contributed by atoms with Crippen LogP contribution in [-0.2, 0) is 7.05 Å². The second-order valence-corrected chi connectivity index (χ2v) is 6.46. The molecule has 3 aromatic rings. The molecule has 8 nitrogen and oxygen atoms in total.